The molecule has 0 bridgehead atoms. The molecule has 1 aliphatic heterocycles. The predicted molar refractivity (Wildman–Crippen MR) is 120 cm³/mol. The van der Waals surface area contributed by atoms with Gasteiger partial charge in [0.1, 0.15) is 6.23 Å². The van der Waals surface area contributed by atoms with Crippen LogP contribution in [0.25, 0.3) is 16.5 Å². The fourth-order valence-corrected chi connectivity index (χ4v) is 4.98. The van der Waals surface area contributed by atoms with E-state index in [1.165, 1.54) is 40.5 Å². The molecule has 1 aromatic heterocycles. The summed E-state index contributed by atoms with van der Waals surface area (Å²) >= 11 is 6.12. The monoisotopic (exact) mass is 406 g/mol. The molecule has 0 saturated carbocycles. The highest BCUT2D eigenvalue weighted by Crippen LogP contribution is 2.34. The van der Waals surface area contributed by atoms with E-state index in [0.717, 1.165) is 36.7 Å². The molecule has 1 aliphatic carbocycles. The summed E-state index contributed by atoms with van der Waals surface area (Å²) in [5, 5.41) is 2.02. The van der Waals surface area contributed by atoms with Crippen LogP contribution in [0.2, 0.25) is 5.02 Å². The molecular weight excluding hydrogens is 380 g/mol. The number of nitrogens with zero attached hydrogens (tertiary/aromatic N) is 1. The molecule has 5 rings (SSSR count). The maximum Gasteiger partial charge on any atom is 0.108 e. The number of benzene rings is 2. The first-order chi connectivity index (χ1) is 14.2. The average Bonchev–Trinajstić information content (AvgIpc) is 3.36. The number of halogens is 1. The minimum Gasteiger partial charge on any atom is -0.363 e. The first-order valence-electron chi connectivity index (χ1n) is 10.6. The summed E-state index contributed by atoms with van der Waals surface area (Å²) < 4.78 is 6.31. The predicted octanol–water partition coefficient (Wildman–Crippen LogP) is 6.00. The highest BCUT2D eigenvalue weighted by Gasteiger charge is 2.25. The van der Waals surface area contributed by atoms with Crippen molar-refractivity contribution in [3.63, 3.8) is 0 Å². The molecule has 0 radical (unpaired) electrons. The maximum absolute atomic E-state index is 6.31. The van der Waals surface area contributed by atoms with Crippen molar-refractivity contribution in [3.8, 4) is 0 Å². The van der Waals surface area contributed by atoms with E-state index >= 15 is 0 Å². The van der Waals surface area contributed by atoms with E-state index in [1.807, 2.05) is 12.1 Å². The maximum atomic E-state index is 6.31. The van der Waals surface area contributed by atoms with Crippen LogP contribution in [0.15, 0.2) is 54.7 Å². The third kappa shape index (κ3) is 3.75. The first kappa shape index (κ1) is 18.9. The number of aromatic nitrogens is 1. The fourth-order valence-electron chi connectivity index (χ4n) is 4.80. The number of nitrogens with one attached hydrogen (secondary N) is 1. The lowest BCUT2D eigenvalue weighted by Gasteiger charge is -2.32. The number of rotatable bonds is 5. The van der Waals surface area contributed by atoms with E-state index < -0.39 is 0 Å². The normalized spacial score (nSPS) is 20.6. The van der Waals surface area contributed by atoms with Gasteiger partial charge in [0, 0.05) is 46.7 Å². The topological polar surface area (TPSA) is 28.3 Å². The Kier molecular flexibility index (Phi) is 5.21. The van der Waals surface area contributed by atoms with E-state index in [-0.39, 0.29) is 6.23 Å². The Bertz CT molecular complexity index is 1050. The van der Waals surface area contributed by atoms with Crippen LogP contribution < -0.4 is 0 Å². The third-order valence-electron chi connectivity index (χ3n) is 6.54. The van der Waals surface area contributed by atoms with E-state index in [4.69, 9.17) is 16.3 Å². The summed E-state index contributed by atoms with van der Waals surface area (Å²) in [5.41, 5.74) is 6.79. The summed E-state index contributed by atoms with van der Waals surface area (Å²) in [6, 6.07) is 14.9. The van der Waals surface area contributed by atoms with Crippen molar-refractivity contribution >= 4 is 28.1 Å². The van der Waals surface area contributed by atoms with Crippen LogP contribution in [0, 0.1) is 0 Å². The highest BCUT2D eigenvalue weighted by atomic mass is 35.5. The molecule has 2 aliphatic rings. The number of ether oxygens (including phenoxy) is 1. The van der Waals surface area contributed by atoms with Crippen molar-refractivity contribution in [1.29, 1.82) is 0 Å². The lowest BCUT2D eigenvalue weighted by atomic mass is 9.99. The Morgan fingerprint density at radius 2 is 2.10 bits per heavy atom. The Hall–Kier alpha value is -2.07. The second-order valence-electron chi connectivity index (χ2n) is 8.23. The van der Waals surface area contributed by atoms with E-state index in [9.17, 15) is 0 Å². The number of aryl methyl sites for hydroxylation is 1. The molecule has 4 heteroatoms. The van der Waals surface area contributed by atoms with Gasteiger partial charge in [0.05, 0.1) is 6.61 Å². The van der Waals surface area contributed by atoms with Gasteiger partial charge in [0.25, 0.3) is 0 Å². The SMILES string of the molecule is CC(OCC1CCc2ccccc21)N1CC=C(c2c[nH]c3cc(Cl)ccc23)CC1. The van der Waals surface area contributed by atoms with Crippen LogP contribution in [0.1, 0.15) is 42.4 Å². The molecule has 150 valence electrons. The molecule has 0 fully saturated rings. The van der Waals surface area contributed by atoms with Crippen molar-refractivity contribution in [2.75, 3.05) is 19.7 Å². The molecule has 29 heavy (non-hydrogen) atoms. The van der Waals surface area contributed by atoms with Crippen molar-refractivity contribution in [3.05, 3.63) is 76.5 Å². The van der Waals surface area contributed by atoms with Gasteiger partial charge >= 0.3 is 0 Å². The van der Waals surface area contributed by atoms with E-state index in [0.29, 0.717) is 5.92 Å². The standard InChI is InChI=1S/C25H27ClN2O/c1-17(29-16-20-7-6-18-4-2-3-5-22(18)20)28-12-10-19(11-13-28)24-15-27-25-14-21(26)8-9-23(24)25/h2-5,8-10,14-15,17,20,27H,6-7,11-13,16H2,1H3. The zero-order valence-corrected chi connectivity index (χ0v) is 17.6. The van der Waals surface area contributed by atoms with Crippen molar-refractivity contribution < 1.29 is 4.74 Å². The zero-order chi connectivity index (χ0) is 19.8. The second kappa shape index (κ2) is 7.98. The lowest BCUT2D eigenvalue weighted by molar-refractivity contribution is -0.0478. The third-order valence-corrected chi connectivity index (χ3v) is 6.78. The van der Waals surface area contributed by atoms with Gasteiger partial charge in [-0.2, -0.15) is 0 Å². The number of fused-ring (bicyclic) bond motifs is 2. The van der Waals surface area contributed by atoms with Crippen LogP contribution in [0.3, 0.4) is 0 Å². The van der Waals surface area contributed by atoms with Crippen LogP contribution in [0.4, 0.5) is 0 Å². The molecule has 0 saturated heterocycles. The van der Waals surface area contributed by atoms with Gasteiger partial charge in [0.2, 0.25) is 0 Å². The molecule has 0 spiro atoms. The smallest absolute Gasteiger partial charge is 0.108 e. The number of hydrogen-bond acceptors (Lipinski definition) is 2. The van der Waals surface area contributed by atoms with Gasteiger partial charge in [-0.1, -0.05) is 48.0 Å². The molecular formula is C25H27ClN2O. The largest absolute Gasteiger partial charge is 0.363 e. The van der Waals surface area contributed by atoms with E-state index in [1.54, 1.807) is 0 Å². The summed E-state index contributed by atoms with van der Waals surface area (Å²) in [6.45, 7) is 4.95. The van der Waals surface area contributed by atoms with Crippen molar-refractivity contribution in [1.82, 2.24) is 9.88 Å². The molecule has 2 heterocycles. The van der Waals surface area contributed by atoms with Crippen LogP contribution in [0.5, 0.6) is 0 Å². The summed E-state index contributed by atoms with van der Waals surface area (Å²) in [5.74, 6) is 0.544. The van der Waals surface area contributed by atoms with Crippen molar-refractivity contribution in [2.45, 2.75) is 38.3 Å². The highest BCUT2D eigenvalue weighted by molar-refractivity contribution is 6.31. The zero-order valence-electron chi connectivity index (χ0n) is 16.8. The minimum atomic E-state index is 0.141. The molecule has 0 amide bonds. The number of aromatic amines is 1. The quantitative estimate of drug-likeness (QED) is 0.562. The van der Waals surface area contributed by atoms with Gasteiger partial charge in [-0.15, -0.1) is 0 Å². The number of H-pyrrole nitrogens is 1. The fraction of sp³-hybridized carbons (Fsp3) is 0.360. The van der Waals surface area contributed by atoms with Gasteiger partial charge in [-0.05, 0) is 55.0 Å². The summed E-state index contributed by atoms with van der Waals surface area (Å²) in [4.78, 5) is 5.78. The Balaban J connectivity index is 1.21. The van der Waals surface area contributed by atoms with Crippen molar-refractivity contribution in [2.24, 2.45) is 0 Å². The van der Waals surface area contributed by atoms with Gasteiger partial charge in [-0.3, -0.25) is 4.90 Å². The molecule has 2 unspecified atom stereocenters. The molecule has 3 nitrogen and oxygen atoms in total. The minimum absolute atomic E-state index is 0.141. The molecule has 1 N–H and O–H groups in total. The first-order valence-corrected chi connectivity index (χ1v) is 11.0. The lowest BCUT2D eigenvalue weighted by Crippen LogP contribution is -2.38. The van der Waals surface area contributed by atoms with Crippen LogP contribution in [-0.4, -0.2) is 35.8 Å². The Morgan fingerprint density at radius 3 is 2.97 bits per heavy atom. The molecule has 2 aromatic carbocycles. The van der Waals surface area contributed by atoms with Gasteiger partial charge in [0.15, 0.2) is 0 Å². The Labute approximate surface area is 177 Å². The summed E-state index contributed by atoms with van der Waals surface area (Å²) in [7, 11) is 0. The van der Waals surface area contributed by atoms with Gasteiger partial charge < -0.3 is 9.72 Å². The molecule has 2 atom stereocenters. The number of hydrogen-bond donors (Lipinski definition) is 1. The summed E-state index contributed by atoms with van der Waals surface area (Å²) in [6.07, 6.45) is 8.04. The Morgan fingerprint density at radius 1 is 1.21 bits per heavy atom. The van der Waals surface area contributed by atoms with E-state index in [2.05, 4.69) is 59.4 Å². The van der Waals surface area contributed by atoms with Gasteiger partial charge in [-0.25, -0.2) is 0 Å². The molecule has 3 aromatic rings. The second-order valence-corrected chi connectivity index (χ2v) is 8.67. The van der Waals surface area contributed by atoms with Crippen LogP contribution in [-0.2, 0) is 11.2 Å². The van der Waals surface area contributed by atoms with Crippen LogP contribution >= 0.6 is 11.6 Å². The average molecular weight is 407 g/mol.